The maximum atomic E-state index is 15.4. The molecule has 2 unspecified atom stereocenters. The van der Waals surface area contributed by atoms with Crippen molar-refractivity contribution in [1.29, 1.82) is 0 Å². The number of rotatable bonds is 18. The summed E-state index contributed by atoms with van der Waals surface area (Å²) in [5.41, 5.74) is 8.45. The van der Waals surface area contributed by atoms with Gasteiger partial charge in [0.15, 0.2) is 23.0 Å². The number of carbonyl (C=O) groups is 1. The van der Waals surface area contributed by atoms with E-state index in [0.29, 0.717) is 12.1 Å². The number of nitrogens with zero attached hydrogens (tertiary/aromatic N) is 4. The molecule has 0 radical (unpaired) electrons. The Morgan fingerprint density at radius 1 is 0.600 bits per heavy atom. The van der Waals surface area contributed by atoms with Gasteiger partial charge in [0.1, 0.15) is 5.78 Å². The summed E-state index contributed by atoms with van der Waals surface area (Å²) in [7, 11) is 3.02. The highest BCUT2D eigenvalue weighted by Gasteiger charge is 2.32. The molecule has 2 aliphatic carbocycles. The third-order valence-electron chi connectivity index (χ3n) is 15.5. The molecule has 4 aromatic carbocycles. The Bertz CT molecular complexity index is 2630. The van der Waals surface area contributed by atoms with E-state index < -0.39 is 11.8 Å². The van der Waals surface area contributed by atoms with Gasteiger partial charge in [0.25, 0.3) is 0 Å². The molecular weight excluding hydrogens is 920 g/mol. The van der Waals surface area contributed by atoms with E-state index in [4.69, 9.17) is 42.6 Å². The van der Waals surface area contributed by atoms with Crippen molar-refractivity contribution in [2.45, 2.75) is 129 Å². The Kier molecular flexibility index (Phi) is 16.3. The van der Waals surface area contributed by atoms with E-state index in [1.54, 1.807) is 24.3 Å². The summed E-state index contributed by atoms with van der Waals surface area (Å²) in [5, 5.41) is 31.4. The lowest BCUT2D eigenvalue weighted by molar-refractivity contribution is -0.121. The Hall–Kier alpha value is -5.33. The molecule has 0 aliphatic heterocycles. The molecule has 2 atom stereocenters. The number of fused-ring (bicyclic) bond motifs is 2. The number of hydrogen-bond acceptors (Lipinski definition) is 11. The Labute approximate surface area is 423 Å². The van der Waals surface area contributed by atoms with Crippen LogP contribution in [-0.2, 0) is 4.79 Å². The van der Waals surface area contributed by atoms with Crippen LogP contribution in [0.25, 0.3) is 44.1 Å². The Morgan fingerprint density at radius 2 is 0.971 bits per heavy atom. The van der Waals surface area contributed by atoms with Crippen molar-refractivity contribution >= 4 is 62.2 Å². The summed E-state index contributed by atoms with van der Waals surface area (Å²) in [6, 6.07) is 20.8. The van der Waals surface area contributed by atoms with Gasteiger partial charge in [0.2, 0.25) is 0 Å². The molecule has 13 heteroatoms. The number of phenolic OH excluding ortho intramolecular Hbond substituents is 2. The van der Waals surface area contributed by atoms with E-state index in [0.717, 1.165) is 144 Å². The highest BCUT2D eigenvalue weighted by atomic mass is 35.5. The molecule has 11 nitrogen and oxygen atoms in total. The van der Waals surface area contributed by atoms with Gasteiger partial charge in [0, 0.05) is 81.7 Å². The second-order valence-corrected chi connectivity index (χ2v) is 20.1. The number of halogens is 2. The number of nitrogens with one attached hydrogen (secondary N) is 2. The van der Waals surface area contributed by atoms with E-state index in [-0.39, 0.29) is 50.9 Å². The topological polar surface area (TPSA) is 132 Å². The van der Waals surface area contributed by atoms with Crippen LogP contribution in [0.4, 0.5) is 11.4 Å². The lowest BCUT2D eigenvalue weighted by Crippen LogP contribution is -2.40. The minimum Gasteiger partial charge on any atom is -0.503 e. The lowest BCUT2D eigenvalue weighted by atomic mass is 9.83. The number of anilines is 2. The van der Waals surface area contributed by atoms with E-state index in [1.165, 1.54) is 14.2 Å². The largest absolute Gasteiger partial charge is 0.503 e. The molecule has 0 spiro atoms. The molecule has 4 N–H and O–H groups in total. The quantitative estimate of drug-likeness (QED) is 0.0656. The number of phenols is 2. The van der Waals surface area contributed by atoms with Gasteiger partial charge in [-0.15, -0.1) is 0 Å². The van der Waals surface area contributed by atoms with Crippen LogP contribution >= 0.6 is 23.2 Å². The highest BCUT2D eigenvalue weighted by Crippen LogP contribution is 2.44. The summed E-state index contributed by atoms with van der Waals surface area (Å²) >= 11 is 13.0. The number of benzene rings is 4. The smallest absolute Gasteiger partial charge is 0.176 e. The Morgan fingerprint density at radius 3 is 1.31 bits per heavy atom. The van der Waals surface area contributed by atoms with Gasteiger partial charge in [-0.1, -0.05) is 76.9 Å². The van der Waals surface area contributed by atoms with Gasteiger partial charge >= 0.3 is 0 Å². The zero-order valence-corrected chi connectivity index (χ0v) is 43.6. The first-order chi connectivity index (χ1) is 33.8. The predicted molar refractivity (Wildman–Crippen MR) is 288 cm³/mol. The number of ether oxygens (including phenoxy) is 2. The van der Waals surface area contributed by atoms with Crippen LogP contribution in [0.5, 0.6) is 23.0 Å². The molecular formula is C57H70Cl2N6O5. The van der Waals surface area contributed by atoms with Gasteiger partial charge in [-0.3, -0.25) is 14.8 Å². The molecule has 0 saturated heterocycles. The summed E-state index contributed by atoms with van der Waals surface area (Å²) < 4.78 is 11.0. The van der Waals surface area contributed by atoms with Crippen LogP contribution in [0.2, 0.25) is 10.0 Å². The molecule has 70 heavy (non-hydrogen) atoms. The van der Waals surface area contributed by atoms with Crippen molar-refractivity contribution in [3.8, 4) is 45.3 Å². The summed E-state index contributed by atoms with van der Waals surface area (Å²) in [6.07, 6.45) is 12.2. The molecule has 2 fully saturated rings. The monoisotopic (exact) mass is 988 g/mol. The molecule has 8 rings (SSSR count). The third kappa shape index (κ3) is 10.5. The van der Waals surface area contributed by atoms with Gasteiger partial charge in [-0.25, -0.2) is 0 Å². The van der Waals surface area contributed by atoms with Gasteiger partial charge in [-0.2, -0.15) is 0 Å². The number of aromatic hydroxyl groups is 2. The van der Waals surface area contributed by atoms with Crippen LogP contribution in [0.3, 0.4) is 0 Å². The number of Topliss-reactive ketones (excluding diaryl/α,β-unsaturated/α-hetero) is 1. The van der Waals surface area contributed by atoms with Crippen molar-refractivity contribution in [3.05, 3.63) is 94.2 Å². The van der Waals surface area contributed by atoms with E-state index in [1.807, 2.05) is 50.5 Å². The molecule has 2 heterocycles. The van der Waals surface area contributed by atoms with Crippen molar-refractivity contribution in [2.75, 3.05) is 51.0 Å². The summed E-state index contributed by atoms with van der Waals surface area (Å²) in [6.45, 7) is 17.1. The first-order valence-corrected chi connectivity index (χ1v) is 26.1. The fourth-order valence-electron chi connectivity index (χ4n) is 11.3. The fraction of sp³-hybridized carbons (Fsp3) is 0.456. The summed E-state index contributed by atoms with van der Waals surface area (Å²) in [4.78, 5) is 30.5. The fourth-order valence-corrected chi connectivity index (χ4v) is 11.7. The number of carbonyl (C=O) groups excluding carboxylic acids is 1. The van der Waals surface area contributed by atoms with E-state index in [9.17, 15) is 10.2 Å². The van der Waals surface area contributed by atoms with Crippen molar-refractivity contribution in [1.82, 2.24) is 19.8 Å². The zero-order chi connectivity index (χ0) is 49.8. The minimum atomic E-state index is -0.542. The second kappa shape index (κ2) is 22.4. The summed E-state index contributed by atoms with van der Waals surface area (Å²) in [5.74, 6) is -0.659. The third-order valence-corrected chi connectivity index (χ3v) is 16.1. The maximum absolute atomic E-state index is 15.4. The number of pyridine rings is 2. The maximum Gasteiger partial charge on any atom is 0.176 e. The lowest BCUT2D eigenvalue weighted by Gasteiger charge is -2.37. The zero-order valence-electron chi connectivity index (χ0n) is 42.0. The first-order valence-electron chi connectivity index (χ1n) is 25.3. The second-order valence-electron chi connectivity index (χ2n) is 19.2. The normalized spacial score (nSPS) is 19.4. The van der Waals surface area contributed by atoms with Crippen molar-refractivity contribution in [2.24, 2.45) is 0 Å². The molecule has 0 amide bonds. The average Bonchev–Trinajstić information content (AvgIpc) is 3.38. The van der Waals surface area contributed by atoms with Gasteiger partial charge in [0.05, 0.1) is 35.3 Å². The van der Waals surface area contributed by atoms with Crippen LogP contribution in [0.15, 0.2) is 73.1 Å². The molecule has 2 saturated carbocycles. The number of ketones is 1. The highest BCUT2D eigenvalue weighted by molar-refractivity contribution is 6.33. The van der Waals surface area contributed by atoms with Gasteiger partial charge < -0.3 is 40.1 Å². The number of methoxy groups -OCH3 is 2. The van der Waals surface area contributed by atoms with Crippen molar-refractivity contribution < 1.29 is 24.5 Å². The molecule has 2 aromatic heterocycles. The number of aromatic nitrogens is 2. The Balaban J connectivity index is 1.20. The predicted octanol–water partition coefficient (Wildman–Crippen LogP) is 13.5. The van der Waals surface area contributed by atoms with Crippen LogP contribution in [0.1, 0.15) is 116 Å². The SMILES string of the molecule is CCN(CC)C1CCC(Nc2c(C(C)C(=O)C(C)c3cnc4ccc(-c5cc(Cl)c(O)c(OC)c5)cc4c3NC3CCC(N(CC)CC)CC3)cnc3ccc(-c4cc(Cl)c(O)c(OC)c4)cc23)CC1. The first kappa shape index (κ1) is 51.0. The van der Waals surface area contributed by atoms with E-state index in [2.05, 4.69) is 60.3 Å². The average molecular weight is 990 g/mol. The number of hydrogen-bond donors (Lipinski definition) is 4. The van der Waals surface area contributed by atoms with Crippen molar-refractivity contribution in [3.63, 3.8) is 0 Å². The van der Waals surface area contributed by atoms with Gasteiger partial charge in [-0.05, 0) is 148 Å². The van der Waals surface area contributed by atoms with Crippen LogP contribution in [0, 0.1) is 0 Å². The minimum absolute atomic E-state index is 0.0568. The standard InChI is InChI=1S/C57H70Cl2N6O5/c1-9-64(10-2)41-19-15-39(16-20-41)62-53-43-25-35(37-27-47(58)56(67)51(29-37)69-7)13-23-49(43)60-31-45(53)33(5)55(66)34(6)46-32-61-50-24-14-36(38-28-48(59)57(68)52(30-38)70-8)26-44(50)54(46)63-40-17-21-42(22-18-40)65(11-3)12-4/h13-14,23-34,39-42,67-68H,9-12,15-22H2,1-8H3,(H,60,62)(H,61,63). The molecule has 6 aromatic rings. The van der Waals surface area contributed by atoms with Crippen LogP contribution < -0.4 is 20.1 Å². The molecule has 2 aliphatic rings. The molecule has 0 bridgehead atoms. The van der Waals surface area contributed by atoms with E-state index >= 15 is 4.79 Å². The molecule has 372 valence electrons. The van der Waals surface area contributed by atoms with Crippen LogP contribution in [-0.4, -0.2) is 100 Å².